The standard InChI is InChI=1S/C24H29NO2/c1-3-4-6-11-21-22-14-19(26-2)12-13-23(22)25-16-20(15-24(21)25)27-17-18-9-7-5-8-10-18/h5,7-10,12-14,20H,3-4,6,11,15-17H2,1-2H3. The zero-order valence-electron chi connectivity index (χ0n) is 16.4. The smallest absolute Gasteiger partial charge is 0.119 e. The molecule has 2 aromatic carbocycles. The molecule has 3 aromatic rings. The summed E-state index contributed by atoms with van der Waals surface area (Å²) in [6.45, 7) is 3.89. The van der Waals surface area contributed by atoms with Gasteiger partial charge in [0.15, 0.2) is 0 Å². The van der Waals surface area contributed by atoms with Crippen LogP contribution in [0.1, 0.15) is 43.0 Å². The molecule has 0 saturated carbocycles. The van der Waals surface area contributed by atoms with Crippen LogP contribution in [0.2, 0.25) is 0 Å². The van der Waals surface area contributed by atoms with Crippen LogP contribution in [-0.2, 0) is 30.7 Å². The average Bonchev–Trinajstić information content (AvgIpc) is 3.24. The van der Waals surface area contributed by atoms with E-state index in [1.165, 1.54) is 47.0 Å². The molecule has 0 fully saturated rings. The molecule has 0 N–H and O–H groups in total. The number of nitrogens with zero attached hydrogens (tertiary/aromatic N) is 1. The molecule has 1 unspecified atom stereocenters. The molecule has 0 spiro atoms. The molecule has 0 bridgehead atoms. The number of fused-ring (bicyclic) bond motifs is 3. The molecular formula is C24H29NO2. The second-order valence-electron chi connectivity index (χ2n) is 7.50. The van der Waals surface area contributed by atoms with Crippen molar-refractivity contribution in [3.8, 4) is 5.75 Å². The van der Waals surface area contributed by atoms with Crippen molar-refractivity contribution in [3.63, 3.8) is 0 Å². The highest BCUT2D eigenvalue weighted by Gasteiger charge is 2.28. The fourth-order valence-electron chi connectivity index (χ4n) is 4.24. The molecule has 0 aliphatic carbocycles. The first-order chi connectivity index (χ1) is 13.3. The summed E-state index contributed by atoms with van der Waals surface area (Å²) in [7, 11) is 1.75. The van der Waals surface area contributed by atoms with E-state index in [-0.39, 0.29) is 6.10 Å². The van der Waals surface area contributed by atoms with E-state index in [0.717, 1.165) is 25.1 Å². The minimum atomic E-state index is 0.261. The number of hydrogen-bond donors (Lipinski definition) is 0. The van der Waals surface area contributed by atoms with Crippen molar-refractivity contribution < 1.29 is 9.47 Å². The minimum Gasteiger partial charge on any atom is -0.497 e. The zero-order chi connectivity index (χ0) is 18.6. The summed E-state index contributed by atoms with van der Waals surface area (Å²) >= 11 is 0. The van der Waals surface area contributed by atoms with Crippen molar-refractivity contribution in [2.45, 2.75) is 58.3 Å². The lowest BCUT2D eigenvalue weighted by Crippen LogP contribution is -2.14. The summed E-state index contributed by atoms with van der Waals surface area (Å²) in [6, 6.07) is 17.0. The normalized spacial score (nSPS) is 16.0. The minimum absolute atomic E-state index is 0.261. The van der Waals surface area contributed by atoms with Gasteiger partial charge in [0.05, 0.1) is 19.8 Å². The Bertz CT molecular complexity index is 898. The highest BCUT2D eigenvalue weighted by Crippen LogP contribution is 2.35. The predicted molar refractivity (Wildman–Crippen MR) is 110 cm³/mol. The predicted octanol–water partition coefficient (Wildman–Crippen LogP) is 5.52. The first-order valence-corrected chi connectivity index (χ1v) is 10.1. The van der Waals surface area contributed by atoms with Gasteiger partial charge in [0, 0.05) is 29.6 Å². The van der Waals surface area contributed by atoms with Crippen LogP contribution in [0.4, 0.5) is 0 Å². The van der Waals surface area contributed by atoms with E-state index in [9.17, 15) is 0 Å². The molecule has 0 saturated heterocycles. The Morgan fingerprint density at radius 2 is 1.93 bits per heavy atom. The van der Waals surface area contributed by atoms with Gasteiger partial charge in [-0.25, -0.2) is 0 Å². The van der Waals surface area contributed by atoms with Crippen molar-refractivity contribution in [2.75, 3.05) is 7.11 Å². The number of aromatic nitrogens is 1. The van der Waals surface area contributed by atoms with E-state index in [0.29, 0.717) is 6.61 Å². The Kier molecular flexibility index (Phi) is 5.49. The topological polar surface area (TPSA) is 23.4 Å². The Morgan fingerprint density at radius 3 is 2.70 bits per heavy atom. The van der Waals surface area contributed by atoms with Crippen molar-refractivity contribution in [3.05, 3.63) is 65.4 Å². The second-order valence-corrected chi connectivity index (χ2v) is 7.50. The molecule has 0 radical (unpaired) electrons. The fourth-order valence-corrected chi connectivity index (χ4v) is 4.24. The Balaban J connectivity index is 1.57. The molecule has 1 aliphatic rings. The van der Waals surface area contributed by atoms with Crippen LogP contribution in [0.5, 0.6) is 5.75 Å². The molecule has 2 heterocycles. The molecular weight excluding hydrogens is 334 g/mol. The quantitative estimate of drug-likeness (QED) is 0.492. The number of methoxy groups -OCH3 is 1. The van der Waals surface area contributed by atoms with Gasteiger partial charge in [-0.1, -0.05) is 50.1 Å². The van der Waals surface area contributed by atoms with E-state index < -0.39 is 0 Å². The first kappa shape index (κ1) is 18.1. The largest absolute Gasteiger partial charge is 0.497 e. The van der Waals surface area contributed by atoms with Gasteiger partial charge in [-0.3, -0.25) is 0 Å². The number of benzene rings is 2. The average molecular weight is 364 g/mol. The van der Waals surface area contributed by atoms with Crippen molar-refractivity contribution in [1.82, 2.24) is 4.57 Å². The van der Waals surface area contributed by atoms with Crippen LogP contribution in [0, 0.1) is 0 Å². The highest BCUT2D eigenvalue weighted by atomic mass is 16.5. The number of hydrogen-bond acceptors (Lipinski definition) is 2. The van der Waals surface area contributed by atoms with Crippen LogP contribution < -0.4 is 4.74 Å². The second kappa shape index (κ2) is 8.18. The Morgan fingerprint density at radius 1 is 1.07 bits per heavy atom. The molecule has 1 aromatic heterocycles. The summed E-state index contributed by atoms with van der Waals surface area (Å²) < 4.78 is 14.2. The molecule has 3 heteroatoms. The van der Waals surface area contributed by atoms with Crippen molar-refractivity contribution in [2.24, 2.45) is 0 Å². The monoisotopic (exact) mass is 363 g/mol. The van der Waals surface area contributed by atoms with Crippen molar-refractivity contribution >= 4 is 10.9 Å². The molecule has 4 rings (SSSR count). The summed E-state index contributed by atoms with van der Waals surface area (Å²) in [6.07, 6.45) is 6.19. The molecule has 0 amide bonds. The van der Waals surface area contributed by atoms with Crippen LogP contribution in [0.25, 0.3) is 10.9 Å². The van der Waals surface area contributed by atoms with Gasteiger partial charge in [0.1, 0.15) is 5.75 Å². The van der Waals surface area contributed by atoms with E-state index in [4.69, 9.17) is 9.47 Å². The van der Waals surface area contributed by atoms with E-state index in [2.05, 4.69) is 54.0 Å². The van der Waals surface area contributed by atoms with Crippen LogP contribution >= 0.6 is 0 Å². The Labute approximate surface area is 161 Å². The maximum atomic E-state index is 6.26. The van der Waals surface area contributed by atoms with Crippen LogP contribution in [-0.4, -0.2) is 17.8 Å². The van der Waals surface area contributed by atoms with Gasteiger partial charge in [0.2, 0.25) is 0 Å². The SMILES string of the molecule is CCCCCc1c2n(c3ccc(OC)cc13)CC(OCc1ccccc1)C2. The maximum absolute atomic E-state index is 6.26. The van der Waals surface area contributed by atoms with E-state index in [1.807, 2.05) is 6.07 Å². The first-order valence-electron chi connectivity index (χ1n) is 10.1. The van der Waals surface area contributed by atoms with Gasteiger partial charge >= 0.3 is 0 Å². The summed E-state index contributed by atoms with van der Waals surface area (Å²) in [4.78, 5) is 0. The highest BCUT2D eigenvalue weighted by molar-refractivity contribution is 5.87. The van der Waals surface area contributed by atoms with E-state index in [1.54, 1.807) is 7.11 Å². The summed E-state index contributed by atoms with van der Waals surface area (Å²) in [5.41, 5.74) is 5.53. The number of ether oxygens (including phenoxy) is 2. The van der Waals surface area contributed by atoms with Gasteiger partial charge in [-0.15, -0.1) is 0 Å². The van der Waals surface area contributed by atoms with Gasteiger partial charge in [-0.2, -0.15) is 0 Å². The molecule has 3 nitrogen and oxygen atoms in total. The fraction of sp³-hybridized carbons (Fsp3) is 0.417. The zero-order valence-corrected chi connectivity index (χ0v) is 16.4. The van der Waals surface area contributed by atoms with E-state index >= 15 is 0 Å². The maximum Gasteiger partial charge on any atom is 0.119 e. The van der Waals surface area contributed by atoms with Crippen LogP contribution in [0.3, 0.4) is 0 Å². The van der Waals surface area contributed by atoms with Gasteiger partial charge in [-0.05, 0) is 42.2 Å². The third-order valence-electron chi connectivity index (χ3n) is 5.66. The molecule has 1 atom stereocenters. The number of rotatable bonds is 8. The summed E-state index contributed by atoms with van der Waals surface area (Å²) in [5.74, 6) is 0.945. The lowest BCUT2D eigenvalue weighted by Gasteiger charge is -2.12. The van der Waals surface area contributed by atoms with Crippen LogP contribution in [0.15, 0.2) is 48.5 Å². The molecule has 1 aliphatic heterocycles. The third-order valence-corrected chi connectivity index (χ3v) is 5.66. The summed E-state index contributed by atoms with van der Waals surface area (Å²) in [5, 5.41) is 1.36. The van der Waals surface area contributed by atoms with Gasteiger partial charge < -0.3 is 14.0 Å². The third kappa shape index (κ3) is 3.74. The number of unbranched alkanes of at least 4 members (excludes halogenated alkanes) is 2. The Hall–Kier alpha value is -2.26. The number of aryl methyl sites for hydroxylation is 1. The molecule has 142 valence electrons. The molecule has 27 heavy (non-hydrogen) atoms. The lowest BCUT2D eigenvalue weighted by atomic mass is 10.0. The lowest BCUT2D eigenvalue weighted by molar-refractivity contribution is 0.0421. The van der Waals surface area contributed by atoms with Crippen molar-refractivity contribution in [1.29, 1.82) is 0 Å². The van der Waals surface area contributed by atoms with Gasteiger partial charge in [0.25, 0.3) is 0 Å².